The predicted octanol–water partition coefficient (Wildman–Crippen LogP) is 0.825. The maximum Gasteiger partial charge on any atom is 0.255 e. The van der Waals surface area contributed by atoms with Gasteiger partial charge in [-0.3, -0.25) is 19.3 Å². The maximum absolute atomic E-state index is 13.4. The Kier molecular flexibility index (Phi) is 7.87. The third-order valence-electron chi connectivity index (χ3n) is 7.09. The van der Waals surface area contributed by atoms with Crippen LogP contribution in [0.3, 0.4) is 0 Å². The van der Waals surface area contributed by atoms with Crippen molar-refractivity contribution in [1.29, 1.82) is 0 Å². The van der Waals surface area contributed by atoms with Crippen LogP contribution in [0.25, 0.3) is 0 Å². The number of amides is 3. The van der Waals surface area contributed by atoms with E-state index in [0.717, 1.165) is 11.1 Å². The lowest BCUT2D eigenvalue weighted by Gasteiger charge is -2.23. The molecular formula is C28H33N7O4. The van der Waals surface area contributed by atoms with E-state index in [1.807, 2.05) is 55.3 Å². The van der Waals surface area contributed by atoms with Crippen LogP contribution in [0.1, 0.15) is 33.6 Å². The third kappa shape index (κ3) is 6.43. The lowest BCUT2D eigenvalue weighted by Crippen LogP contribution is -2.52. The number of benzene rings is 2. The third-order valence-corrected chi connectivity index (χ3v) is 7.09. The summed E-state index contributed by atoms with van der Waals surface area (Å²) < 4.78 is 7.58. The molecule has 204 valence electrons. The van der Waals surface area contributed by atoms with Crippen molar-refractivity contribution in [1.82, 2.24) is 35.8 Å². The number of fused-ring (bicyclic) bond motifs is 5. The Hall–Kier alpha value is -4.25. The molecule has 3 N–H and O–H groups in total. The summed E-state index contributed by atoms with van der Waals surface area (Å²) in [5.41, 5.74) is 2.90. The van der Waals surface area contributed by atoms with Crippen LogP contribution in [0.4, 0.5) is 0 Å². The highest BCUT2D eigenvalue weighted by molar-refractivity contribution is 5.97. The largest absolute Gasteiger partial charge is 0.491 e. The van der Waals surface area contributed by atoms with Gasteiger partial charge in [0.15, 0.2) is 0 Å². The van der Waals surface area contributed by atoms with Gasteiger partial charge in [-0.2, -0.15) is 0 Å². The summed E-state index contributed by atoms with van der Waals surface area (Å²) in [5.74, 6) is -0.337. The van der Waals surface area contributed by atoms with Gasteiger partial charge >= 0.3 is 0 Å². The Morgan fingerprint density at radius 3 is 2.69 bits per heavy atom. The second-order valence-electron chi connectivity index (χ2n) is 10.2. The molecule has 4 bridgehead atoms. The summed E-state index contributed by atoms with van der Waals surface area (Å²) in [7, 11) is 1.85. The smallest absolute Gasteiger partial charge is 0.255 e. The monoisotopic (exact) mass is 531 g/mol. The van der Waals surface area contributed by atoms with Crippen molar-refractivity contribution in [3.05, 3.63) is 77.1 Å². The van der Waals surface area contributed by atoms with E-state index in [0.29, 0.717) is 42.9 Å². The number of likely N-dealkylation sites (tertiary alicyclic amines) is 1. The van der Waals surface area contributed by atoms with Crippen LogP contribution in [0, 0.1) is 6.92 Å². The van der Waals surface area contributed by atoms with E-state index in [-0.39, 0.29) is 36.9 Å². The number of nitrogens with zero attached hydrogens (tertiary/aromatic N) is 4. The molecule has 3 aromatic rings. The number of hydrogen-bond acceptors (Lipinski definition) is 7. The molecule has 1 aromatic heterocycles. The van der Waals surface area contributed by atoms with Crippen LogP contribution < -0.4 is 20.7 Å². The van der Waals surface area contributed by atoms with Gasteiger partial charge in [-0.05, 0) is 38.1 Å². The van der Waals surface area contributed by atoms with Gasteiger partial charge in [-0.1, -0.05) is 47.2 Å². The molecule has 11 nitrogen and oxygen atoms in total. The maximum atomic E-state index is 13.4. The molecule has 0 saturated carbocycles. The van der Waals surface area contributed by atoms with Crippen molar-refractivity contribution in [2.45, 2.75) is 51.0 Å². The standard InChI is InChI=1S/C28H33N7O4/c1-18-8-9-25-22(12-18)26(36)30-20-14-24(34(2)16-20)28(38)31-23(13-19-6-4-3-5-7-19)27(37)29-15-21-17-35(33-32-21)10-11-39-25/h3-9,12,17,20,23-24H,10-11,13-16H2,1-2H3,(H,29,37)(H,30,36)(H,31,38)/t20-,23+,24-/m0/s1. The summed E-state index contributed by atoms with van der Waals surface area (Å²) in [6, 6.07) is 13.5. The highest BCUT2D eigenvalue weighted by Crippen LogP contribution is 2.22. The molecule has 2 aliphatic rings. The van der Waals surface area contributed by atoms with Crippen molar-refractivity contribution in [2.75, 3.05) is 20.2 Å². The average Bonchev–Trinajstić information content (AvgIpc) is 3.53. The quantitative estimate of drug-likeness (QED) is 0.447. The second-order valence-corrected chi connectivity index (χ2v) is 10.2. The molecule has 3 atom stereocenters. The molecule has 0 unspecified atom stereocenters. The minimum absolute atomic E-state index is 0.173. The van der Waals surface area contributed by atoms with Gasteiger partial charge in [0.1, 0.15) is 24.1 Å². The Morgan fingerprint density at radius 2 is 1.87 bits per heavy atom. The van der Waals surface area contributed by atoms with Crippen LogP contribution in [-0.4, -0.2) is 75.9 Å². The zero-order valence-electron chi connectivity index (χ0n) is 22.1. The first kappa shape index (κ1) is 26.4. The van der Waals surface area contributed by atoms with Gasteiger partial charge in [0.05, 0.1) is 30.9 Å². The van der Waals surface area contributed by atoms with Crippen molar-refractivity contribution < 1.29 is 19.1 Å². The predicted molar refractivity (Wildman–Crippen MR) is 143 cm³/mol. The van der Waals surface area contributed by atoms with Gasteiger partial charge in [0, 0.05) is 19.0 Å². The van der Waals surface area contributed by atoms with Crippen LogP contribution >= 0.6 is 0 Å². The molecular weight excluding hydrogens is 498 g/mol. The van der Waals surface area contributed by atoms with Gasteiger partial charge in [-0.25, -0.2) is 4.68 Å². The van der Waals surface area contributed by atoms with Crippen molar-refractivity contribution in [3.8, 4) is 5.75 Å². The molecule has 11 heteroatoms. The SMILES string of the molecule is Cc1ccc2c(c1)C(=O)N[C@H]1C[C@@H](C(=O)N[C@H](Cc3ccccc3)C(=O)NCc3cn(nn3)CCO2)N(C)C1. The van der Waals surface area contributed by atoms with Crippen molar-refractivity contribution in [3.63, 3.8) is 0 Å². The minimum atomic E-state index is -0.776. The molecule has 0 radical (unpaired) electrons. The van der Waals surface area contributed by atoms with Crippen LogP contribution in [0.15, 0.2) is 54.7 Å². The molecule has 0 aliphatic carbocycles. The first-order valence-corrected chi connectivity index (χ1v) is 13.1. The lowest BCUT2D eigenvalue weighted by molar-refractivity contribution is -0.131. The molecule has 39 heavy (non-hydrogen) atoms. The molecule has 5 rings (SSSR count). The van der Waals surface area contributed by atoms with E-state index in [1.54, 1.807) is 23.0 Å². The summed E-state index contributed by atoms with van der Waals surface area (Å²) in [6.45, 7) is 3.30. The molecule has 2 aromatic carbocycles. The number of likely N-dealkylation sites (N-methyl/N-ethyl adjacent to an activating group) is 1. The van der Waals surface area contributed by atoms with E-state index in [1.165, 1.54) is 0 Å². The summed E-state index contributed by atoms with van der Waals surface area (Å²) in [5, 5.41) is 17.2. The number of aromatic nitrogens is 3. The highest BCUT2D eigenvalue weighted by atomic mass is 16.5. The van der Waals surface area contributed by atoms with E-state index in [9.17, 15) is 14.4 Å². The number of ether oxygens (including phenoxy) is 1. The summed E-state index contributed by atoms with van der Waals surface area (Å²) >= 11 is 0. The number of rotatable bonds is 2. The Bertz CT molecular complexity index is 1340. The molecule has 1 fully saturated rings. The van der Waals surface area contributed by atoms with Gasteiger partial charge in [0.25, 0.3) is 5.91 Å². The van der Waals surface area contributed by atoms with Crippen LogP contribution in [0.5, 0.6) is 5.75 Å². The van der Waals surface area contributed by atoms with E-state index >= 15 is 0 Å². The summed E-state index contributed by atoms with van der Waals surface area (Å²) in [4.78, 5) is 41.8. The van der Waals surface area contributed by atoms with E-state index in [2.05, 4.69) is 26.3 Å². The Balaban J connectivity index is 1.40. The average molecular weight is 532 g/mol. The molecule has 3 heterocycles. The van der Waals surface area contributed by atoms with Gasteiger partial charge in [0.2, 0.25) is 11.8 Å². The number of aryl methyl sites for hydroxylation is 1. The van der Waals surface area contributed by atoms with E-state index < -0.39 is 12.1 Å². The molecule has 2 aliphatic heterocycles. The van der Waals surface area contributed by atoms with Crippen molar-refractivity contribution in [2.24, 2.45) is 0 Å². The fraction of sp³-hybridized carbons (Fsp3) is 0.393. The van der Waals surface area contributed by atoms with E-state index in [4.69, 9.17) is 4.74 Å². The zero-order valence-corrected chi connectivity index (χ0v) is 22.1. The molecule has 0 spiro atoms. The van der Waals surface area contributed by atoms with Gasteiger partial charge in [-0.15, -0.1) is 5.10 Å². The fourth-order valence-electron chi connectivity index (χ4n) is 5.03. The van der Waals surface area contributed by atoms with Crippen LogP contribution in [-0.2, 0) is 29.1 Å². The summed E-state index contributed by atoms with van der Waals surface area (Å²) in [6.07, 6.45) is 2.51. The normalized spacial score (nSPS) is 22.8. The van der Waals surface area contributed by atoms with Crippen molar-refractivity contribution >= 4 is 17.7 Å². The second kappa shape index (κ2) is 11.6. The number of carbonyl (C=O) groups excluding carboxylic acids is 3. The number of hydrogen-bond donors (Lipinski definition) is 3. The Morgan fingerprint density at radius 1 is 1.05 bits per heavy atom. The molecule has 3 amide bonds. The zero-order chi connectivity index (χ0) is 27.4. The Labute approximate surface area is 226 Å². The topological polar surface area (TPSA) is 130 Å². The lowest BCUT2D eigenvalue weighted by atomic mass is 10.0. The number of nitrogens with one attached hydrogen (secondary N) is 3. The number of carbonyl (C=O) groups is 3. The highest BCUT2D eigenvalue weighted by Gasteiger charge is 2.37. The van der Waals surface area contributed by atoms with Gasteiger partial charge < -0.3 is 20.7 Å². The fourth-order valence-corrected chi connectivity index (χ4v) is 5.03. The molecule has 1 saturated heterocycles. The first-order chi connectivity index (χ1) is 18.9. The minimum Gasteiger partial charge on any atom is -0.491 e. The van der Waals surface area contributed by atoms with Crippen LogP contribution in [0.2, 0.25) is 0 Å². The first-order valence-electron chi connectivity index (χ1n) is 13.1.